The van der Waals surface area contributed by atoms with Crippen molar-refractivity contribution in [3.8, 4) is 0 Å². The zero-order chi connectivity index (χ0) is 7.98. The normalized spacial score (nSPS) is 13.6. The van der Waals surface area contributed by atoms with Gasteiger partial charge in [-0.25, -0.2) is 0 Å². The molecule has 0 aromatic carbocycles. The van der Waals surface area contributed by atoms with E-state index in [-0.39, 0.29) is 6.04 Å². The first-order valence-electron chi connectivity index (χ1n) is 3.89. The van der Waals surface area contributed by atoms with Crippen LogP contribution in [0.15, 0.2) is 0 Å². The maximum atomic E-state index is 10.3. The highest BCUT2D eigenvalue weighted by Crippen LogP contribution is 1.91. The number of hydrogen-bond donors (Lipinski definition) is 1. The molecule has 1 atom stereocenters. The molecule has 1 unspecified atom stereocenters. The van der Waals surface area contributed by atoms with Crippen LogP contribution in [0.25, 0.3) is 0 Å². The van der Waals surface area contributed by atoms with Crippen molar-refractivity contribution >= 4 is 6.29 Å². The van der Waals surface area contributed by atoms with Crippen LogP contribution in [0.4, 0.5) is 0 Å². The molecule has 0 aliphatic heterocycles. The second-order valence-electron chi connectivity index (χ2n) is 2.95. The lowest BCUT2D eigenvalue weighted by Gasteiger charge is -2.11. The van der Waals surface area contributed by atoms with E-state index in [0.717, 1.165) is 19.3 Å². The highest BCUT2D eigenvalue weighted by Gasteiger charge is 2.02. The Hall–Kier alpha value is -0.370. The second-order valence-corrected chi connectivity index (χ2v) is 2.95. The lowest BCUT2D eigenvalue weighted by molar-refractivity contribution is -0.109. The molecule has 0 saturated heterocycles. The Labute approximate surface area is 63.0 Å². The summed E-state index contributed by atoms with van der Waals surface area (Å²) < 4.78 is 0. The van der Waals surface area contributed by atoms with E-state index in [4.69, 9.17) is 0 Å². The van der Waals surface area contributed by atoms with Crippen LogP contribution in [0.2, 0.25) is 0 Å². The molecule has 2 heteroatoms. The summed E-state index contributed by atoms with van der Waals surface area (Å²) >= 11 is 0. The Morgan fingerprint density at radius 1 is 1.50 bits per heavy atom. The summed E-state index contributed by atoms with van der Waals surface area (Å²) in [6.45, 7) is 7.19. The Morgan fingerprint density at radius 3 is 2.40 bits per heavy atom. The van der Waals surface area contributed by atoms with Gasteiger partial charge in [0.05, 0.1) is 6.04 Å². The predicted octanol–water partition coefficient (Wildman–Crippen LogP) is 1.21. The third-order valence-electron chi connectivity index (χ3n) is 1.39. The fourth-order valence-corrected chi connectivity index (χ4v) is 0.676. The van der Waals surface area contributed by atoms with Crippen LogP contribution >= 0.6 is 0 Å². The molecule has 0 aliphatic rings. The lowest BCUT2D eigenvalue weighted by Crippen LogP contribution is -2.32. The van der Waals surface area contributed by atoms with Crippen molar-refractivity contribution in [3.63, 3.8) is 0 Å². The predicted molar refractivity (Wildman–Crippen MR) is 43.0 cm³/mol. The van der Waals surface area contributed by atoms with Gasteiger partial charge in [-0.1, -0.05) is 20.8 Å². The quantitative estimate of drug-likeness (QED) is 0.586. The van der Waals surface area contributed by atoms with E-state index in [0.29, 0.717) is 5.92 Å². The van der Waals surface area contributed by atoms with Crippen LogP contribution in [0.3, 0.4) is 0 Å². The molecule has 0 aromatic heterocycles. The molecule has 10 heavy (non-hydrogen) atoms. The molecular weight excluding hydrogens is 126 g/mol. The van der Waals surface area contributed by atoms with Crippen molar-refractivity contribution in [2.75, 3.05) is 6.54 Å². The molecule has 0 heterocycles. The third kappa shape index (κ3) is 4.50. The van der Waals surface area contributed by atoms with E-state index >= 15 is 0 Å². The number of nitrogens with one attached hydrogen (secondary N) is 1. The minimum Gasteiger partial charge on any atom is -0.307 e. The Kier molecular flexibility index (Phi) is 5.22. The highest BCUT2D eigenvalue weighted by molar-refractivity contribution is 5.57. The minimum atomic E-state index is 0.0578. The largest absolute Gasteiger partial charge is 0.307 e. The molecule has 0 aromatic rings. The third-order valence-corrected chi connectivity index (χ3v) is 1.39. The highest BCUT2D eigenvalue weighted by atomic mass is 16.1. The Bertz CT molecular complexity index is 91.3. The van der Waals surface area contributed by atoms with Gasteiger partial charge in [0, 0.05) is 0 Å². The van der Waals surface area contributed by atoms with Crippen molar-refractivity contribution in [2.24, 2.45) is 5.92 Å². The topological polar surface area (TPSA) is 29.1 Å². The Balaban J connectivity index is 3.34. The van der Waals surface area contributed by atoms with Crippen molar-refractivity contribution in [1.82, 2.24) is 5.32 Å². The first kappa shape index (κ1) is 9.63. The number of rotatable bonds is 5. The molecule has 2 nitrogen and oxygen atoms in total. The summed E-state index contributed by atoms with van der Waals surface area (Å²) in [6.07, 6.45) is 1.86. The first-order valence-corrected chi connectivity index (χ1v) is 3.89. The molecule has 1 N–H and O–H groups in total. The molecular formula is C8H17NO. The minimum absolute atomic E-state index is 0.0578. The van der Waals surface area contributed by atoms with E-state index < -0.39 is 0 Å². The number of hydrogen-bond acceptors (Lipinski definition) is 2. The maximum absolute atomic E-state index is 10.3. The molecule has 0 aliphatic carbocycles. The number of carbonyl (C=O) groups is 1. The van der Waals surface area contributed by atoms with Gasteiger partial charge in [0.25, 0.3) is 0 Å². The average molecular weight is 143 g/mol. The molecule has 0 rings (SSSR count). The number of aldehydes is 1. The van der Waals surface area contributed by atoms with Crippen molar-refractivity contribution in [3.05, 3.63) is 0 Å². The van der Waals surface area contributed by atoms with E-state index in [1.165, 1.54) is 0 Å². The van der Waals surface area contributed by atoms with Crippen molar-refractivity contribution in [2.45, 2.75) is 33.2 Å². The van der Waals surface area contributed by atoms with Gasteiger partial charge in [-0.3, -0.25) is 0 Å². The smallest absolute Gasteiger partial charge is 0.136 e. The summed E-state index contributed by atoms with van der Waals surface area (Å²) in [5, 5.41) is 3.15. The summed E-state index contributed by atoms with van der Waals surface area (Å²) in [5.74, 6) is 0.619. The van der Waals surface area contributed by atoms with E-state index in [9.17, 15) is 4.79 Å². The molecule has 0 amide bonds. The van der Waals surface area contributed by atoms with Gasteiger partial charge < -0.3 is 10.1 Å². The van der Waals surface area contributed by atoms with Crippen LogP contribution in [-0.2, 0) is 4.79 Å². The monoisotopic (exact) mass is 143 g/mol. The molecule has 0 spiro atoms. The van der Waals surface area contributed by atoms with Gasteiger partial charge in [-0.2, -0.15) is 0 Å². The standard InChI is InChI=1S/C8H17NO/c1-4-8(6-10)9-5-7(2)3/h6-9H,4-5H2,1-3H3. The van der Waals surface area contributed by atoms with Crippen LogP contribution in [0.1, 0.15) is 27.2 Å². The van der Waals surface area contributed by atoms with Gasteiger partial charge in [-0.05, 0) is 18.9 Å². The summed E-state index contributed by atoms with van der Waals surface area (Å²) in [5.41, 5.74) is 0. The summed E-state index contributed by atoms with van der Waals surface area (Å²) in [4.78, 5) is 10.3. The summed E-state index contributed by atoms with van der Waals surface area (Å²) in [6, 6.07) is 0.0578. The summed E-state index contributed by atoms with van der Waals surface area (Å²) in [7, 11) is 0. The van der Waals surface area contributed by atoms with Gasteiger partial charge in [0.15, 0.2) is 0 Å². The van der Waals surface area contributed by atoms with E-state index in [2.05, 4.69) is 19.2 Å². The fourth-order valence-electron chi connectivity index (χ4n) is 0.676. The van der Waals surface area contributed by atoms with E-state index in [1.807, 2.05) is 6.92 Å². The lowest BCUT2D eigenvalue weighted by atomic mass is 10.2. The van der Waals surface area contributed by atoms with Crippen molar-refractivity contribution < 1.29 is 4.79 Å². The molecule has 0 bridgehead atoms. The SMILES string of the molecule is CCC(C=O)NCC(C)C. The number of carbonyl (C=O) groups excluding carboxylic acids is 1. The van der Waals surface area contributed by atoms with Crippen LogP contribution in [0.5, 0.6) is 0 Å². The Morgan fingerprint density at radius 2 is 2.10 bits per heavy atom. The zero-order valence-corrected chi connectivity index (χ0v) is 7.05. The maximum Gasteiger partial charge on any atom is 0.136 e. The van der Waals surface area contributed by atoms with Gasteiger partial charge in [0.1, 0.15) is 6.29 Å². The fraction of sp³-hybridized carbons (Fsp3) is 0.875. The van der Waals surface area contributed by atoms with Crippen molar-refractivity contribution in [1.29, 1.82) is 0 Å². The van der Waals surface area contributed by atoms with E-state index in [1.54, 1.807) is 0 Å². The molecule has 0 fully saturated rings. The molecule has 0 saturated carbocycles. The van der Waals surface area contributed by atoms with Crippen LogP contribution in [-0.4, -0.2) is 18.9 Å². The molecule has 0 radical (unpaired) electrons. The average Bonchev–Trinajstić information content (AvgIpc) is 1.90. The van der Waals surface area contributed by atoms with Gasteiger partial charge in [0.2, 0.25) is 0 Å². The van der Waals surface area contributed by atoms with Gasteiger partial charge >= 0.3 is 0 Å². The molecule has 60 valence electrons. The van der Waals surface area contributed by atoms with Crippen LogP contribution in [0, 0.1) is 5.92 Å². The zero-order valence-electron chi connectivity index (χ0n) is 7.05. The second kappa shape index (κ2) is 5.42. The van der Waals surface area contributed by atoms with Crippen LogP contribution < -0.4 is 5.32 Å². The first-order chi connectivity index (χ1) is 4.70. The van der Waals surface area contributed by atoms with Gasteiger partial charge in [-0.15, -0.1) is 0 Å².